The van der Waals surface area contributed by atoms with Gasteiger partial charge in [-0.25, -0.2) is 17.5 Å². The Kier molecular flexibility index (Phi) is 7.48. The Bertz CT molecular complexity index is 806. The predicted molar refractivity (Wildman–Crippen MR) is 112 cm³/mol. The maximum Gasteiger partial charge on any atom is 0.213 e. The van der Waals surface area contributed by atoms with Crippen LogP contribution in [0.2, 0.25) is 0 Å². The zero-order valence-electron chi connectivity index (χ0n) is 16.9. The Balaban J connectivity index is 1.40. The minimum absolute atomic E-state index is 0.0292. The van der Waals surface area contributed by atoms with E-state index in [2.05, 4.69) is 20.3 Å². The van der Waals surface area contributed by atoms with Gasteiger partial charge in [-0.15, -0.1) is 0 Å². The number of benzene rings is 1. The van der Waals surface area contributed by atoms with Crippen molar-refractivity contribution in [1.29, 1.82) is 0 Å². The lowest BCUT2D eigenvalue weighted by molar-refractivity contribution is 0.0200. The van der Waals surface area contributed by atoms with Crippen LogP contribution < -0.4 is 15.4 Å². The van der Waals surface area contributed by atoms with E-state index in [4.69, 9.17) is 4.74 Å². The third-order valence-electron chi connectivity index (χ3n) is 5.58. The summed E-state index contributed by atoms with van der Waals surface area (Å²) in [5, 5.41) is 6.28. The van der Waals surface area contributed by atoms with Crippen molar-refractivity contribution in [3.05, 3.63) is 35.6 Å². The SMILES string of the molecule is CN=C(NCCS(=O)(=O)NCC1CCCCO1)NCC1(c2cccc(F)c2)CC1. The second kappa shape index (κ2) is 9.86. The van der Waals surface area contributed by atoms with Crippen molar-refractivity contribution in [2.45, 2.75) is 43.6 Å². The first-order valence-electron chi connectivity index (χ1n) is 10.2. The molecular weight excluding hydrogens is 395 g/mol. The molecular formula is C20H31FN4O3S. The molecule has 1 unspecified atom stereocenters. The average Bonchev–Trinajstić information content (AvgIpc) is 3.51. The number of nitrogens with one attached hydrogen (secondary N) is 3. The molecule has 1 saturated heterocycles. The number of rotatable bonds is 9. The summed E-state index contributed by atoms with van der Waals surface area (Å²) in [5.74, 6) is 0.265. The summed E-state index contributed by atoms with van der Waals surface area (Å²) in [4.78, 5) is 4.15. The van der Waals surface area contributed by atoms with Crippen LogP contribution in [0.5, 0.6) is 0 Å². The van der Waals surface area contributed by atoms with E-state index in [9.17, 15) is 12.8 Å². The second-order valence-corrected chi connectivity index (χ2v) is 9.73. The standard InChI is InChI=1S/C20H31FN4O3S/c1-22-19(24-15-20(8-9-20)16-5-4-6-17(21)13-16)23-10-12-29(26,27)25-14-18-7-2-3-11-28-18/h4-6,13,18,25H,2-3,7-12,14-15H2,1H3,(H2,22,23,24). The van der Waals surface area contributed by atoms with Crippen molar-refractivity contribution in [1.82, 2.24) is 15.4 Å². The molecule has 1 saturated carbocycles. The number of hydrogen-bond acceptors (Lipinski definition) is 4. The molecule has 3 N–H and O–H groups in total. The molecule has 1 aromatic rings. The highest BCUT2D eigenvalue weighted by atomic mass is 32.2. The summed E-state index contributed by atoms with van der Waals surface area (Å²) in [6.07, 6.45) is 4.96. The summed E-state index contributed by atoms with van der Waals surface area (Å²) in [6.45, 7) is 1.90. The van der Waals surface area contributed by atoms with Crippen LogP contribution in [0, 0.1) is 5.82 Å². The van der Waals surface area contributed by atoms with Crippen molar-refractivity contribution >= 4 is 16.0 Å². The van der Waals surface area contributed by atoms with Crippen molar-refractivity contribution in [3.63, 3.8) is 0 Å². The molecule has 2 aliphatic rings. The molecule has 1 atom stereocenters. The van der Waals surface area contributed by atoms with E-state index in [0.29, 0.717) is 25.7 Å². The van der Waals surface area contributed by atoms with Crippen LogP contribution in [0.4, 0.5) is 4.39 Å². The first-order valence-corrected chi connectivity index (χ1v) is 11.9. The van der Waals surface area contributed by atoms with E-state index in [1.165, 1.54) is 6.07 Å². The van der Waals surface area contributed by atoms with E-state index < -0.39 is 10.0 Å². The lowest BCUT2D eigenvalue weighted by Crippen LogP contribution is -2.44. The highest BCUT2D eigenvalue weighted by Crippen LogP contribution is 2.47. The Morgan fingerprint density at radius 2 is 2.14 bits per heavy atom. The number of halogens is 1. The highest BCUT2D eigenvalue weighted by molar-refractivity contribution is 7.89. The van der Waals surface area contributed by atoms with Gasteiger partial charge in [-0.3, -0.25) is 4.99 Å². The molecule has 0 amide bonds. The number of ether oxygens (including phenoxy) is 1. The molecule has 1 heterocycles. The van der Waals surface area contributed by atoms with Crippen LogP contribution in [0.15, 0.2) is 29.3 Å². The van der Waals surface area contributed by atoms with Crippen molar-refractivity contribution in [3.8, 4) is 0 Å². The fourth-order valence-corrected chi connectivity index (χ4v) is 4.53. The van der Waals surface area contributed by atoms with Crippen LogP contribution in [0.1, 0.15) is 37.7 Å². The topological polar surface area (TPSA) is 91.8 Å². The molecule has 0 bridgehead atoms. The Hall–Kier alpha value is -1.71. The summed E-state index contributed by atoms with van der Waals surface area (Å²) in [7, 11) is -1.74. The quantitative estimate of drug-likeness (QED) is 0.411. The average molecular weight is 427 g/mol. The Morgan fingerprint density at radius 1 is 1.31 bits per heavy atom. The van der Waals surface area contributed by atoms with Gasteiger partial charge < -0.3 is 15.4 Å². The molecule has 2 fully saturated rings. The largest absolute Gasteiger partial charge is 0.377 e. The summed E-state index contributed by atoms with van der Waals surface area (Å²) in [5.41, 5.74) is 0.907. The molecule has 3 rings (SSSR count). The number of hydrogen-bond donors (Lipinski definition) is 3. The normalized spacial score (nSPS) is 21.6. The van der Waals surface area contributed by atoms with E-state index in [-0.39, 0.29) is 29.6 Å². The summed E-state index contributed by atoms with van der Waals surface area (Å²) < 4.78 is 46.1. The fraction of sp³-hybridized carbons (Fsp3) is 0.650. The third kappa shape index (κ3) is 6.65. The van der Waals surface area contributed by atoms with Crippen LogP contribution in [0.3, 0.4) is 0 Å². The maximum absolute atomic E-state index is 13.5. The zero-order chi connectivity index (χ0) is 20.7. The van der Waals surface area contributed by atoms with Crippen LogP contribution in [-0.2, 0) is 20.2 Å². The van der Waals surface area contributed by atoms with Crippen molar-refractivity contribution in [2.24, 2.45) is 4.99 Å². The lowest BCUT2D eigenvalue weighted by atomic mass is 9.96. The zero-order valence-corrected chi connectivity index (χ0v) is 17.7. The Labute approximate surface area is 172 Å². The number of nitrogens with zero attached hydrogens (tertiary/aromatic N) is 1. The van der Waals surface area contributed by atoms with Crippen molar-refractivity contribution < 1.29 is 17.5 Å². The molecule has 0 spiro atoms. The van der Waals surface area contributed by atoms with Crippen molar-refractivity contribution in [2.75, 3.05) is 39.0 Å². The number of aliphatic imine (C=N–C) groups is 1. The monoisotopic (exact) mass is 426 g/mol. The highest BCUT2D eigenvalue weighted by Gasteiger charge is 2.44. The molecule has 1 aliphatic carbocycles. The molecule has 162 valence electrons. The van der Waals surface area contributed by atoms with Crippen LogP contribution >= 0.6 is 0 Å². The van der Waals surface area contributed by atoms with Gasteiger partial charge in [0.1, 0.15) is 5.82 Å². The van der Waals surface area contributed by atoms with E-state index in [1.54, 1.807) is 19.2 Å². The molecule has 7 nitrogen and oxygen atoms in total. The molecule has 9 heteroatoms. The molecule has 0 aromatic heterocycles. The van der Waals surface area contributed by atoms with Crippen LogP contribution in [-0.4, -0.2) is 59.5 Å². The predicted octanol–water partition coefficient (Wildman–Crippen LogP) is 1.51. The van der Waals surface area contributed by atoms with Gasteiger partial charge in [0.2, 0.25) is 10.0 Å². The van der Waals surface area contributed by atoms with E-state index in [0.717, 1.165) is 37.7 Å². The minimum atomic E-state index is -3.38. The summed E-state index contributed by atoms with van der Waals surface area (Å²) in [6, 6.07) is 6.71. The lowest BCUT2D eigenvalue weighted by Gasteiger charge is -2.22. The molecule has 0 radical (unpaired) electrons. The maximum atomic E-state index is 13.5. The van der Waals surface area contributed by atoms with E-state index in [1.807, 2.05) is 6.07 Å². The van der Waals surface area contributed by atoms with Gasteiger partial charge in [-0.2, -0.15) is 0 Å². The first-order chi connectivity index (χ1) is 13.9. The van der Waals surface area contributed by atoms with Gasteiger partial charge >= 0.3 is 0 Å². The smallest absolute Gasteiger partial charge is 0.213 e. The molecule has 1 aliphatic heterocycles. The van der Waals surface area contributed by atoms with Gasteiger partial charge in [0, 0.05) is 38.7 Å². The number of sulfonamides is 1. The minimum Gasteiger partial charge on any atom is -0.377 e. The first kappa shape index (κ1) is 22.0. The third-order valence-corrected chi connectivity index (χ3v) is 6.92. The second-order valence-electron chi connectivity index (χ2n) is 7.80. The fourth-order valence-electron chi connectivity index (χ4n) is 3.57. The van der Waals surface area contributed by atoms with Gasteiger partial charge in [0.25, 0.3) is 0 Å². The Morgan fingerprint density at radius 3 is 2.79 bits per heavy atom. The van der Waals surface area contributed by atoms with Crippen LogP contribution in [0.25, 0.3) is 0 Å². The van der Waals surface area contributed by atoms with E-state index >= 15 is 0 Å². The molecule has 1 aromatic carbocycles. The molecule has 29 heavy (non-hydrogen) atoms. The number of guanidine groups is 1. The van der Waals surface area contributed by atoms with Gasteiger partial charge in [0.05, 0.1) is 11.9 Å². The van der Waals surface area contributed by atoms with Gasteiger partial charge in [-0.1, -0.05) is 12.1 Å². The van der Waals surface area contributed by atoms with Gasteiger partial charge in [0.15, 0.2) is 5.96 Å². The summed E-state index contributed by atoms with van der Waals surface area (Å²) >= 11 is 0. The van der Waals surface area contributed by atoms with Gasteiger partial charge in [-0.05, 0) is 49.8 Å².